The second-order valence-corrected chi connectivity index (χ2v) is 7.00. The second-order valence-electron chi connectivity index (χ2n) is 6.15. The highest BCUT2D eigenvalue weighted by molar-refractivity contribution is 9.10. The Kier molecular flexibility index (Phi) is 6.41. The molecule has 1 aromatic carbocycles. The van der Waals surface area contributed by atoms with Crippen LogP contribution in [0.5, 0.6) is 11.5 Å². The van der Waals surface area contributed by atoms with Crippen molar-refractivity contribution in [3.05, 3.63) is 64.3 Å². The largest absolute Gasteiger partial charge is 0.497 e. The highest BCUT2D eigenvalue weighted by Crippen LogP contribution is 2.22. The van der Waals surface area contributed by atoms with Crippen molar-refractivity contribution in [2.45, 2.75) is 26.6 Å². The van der Waals surface area contributed by atoms with Crippen molar-refractivity contribution in [2.75, 3.05) is 14.2 Å². The minimum absolute atomic E-state index is 0.205. The Morgan fingerprint density at radius 3 is 2.82 bits per heavy atom. The fourth-order valence-electron chi connectivity index (χ4n) is 2.72. The van der Waals surface area contributed by atoms with Crippen molar-refractivity contribution < 1.29 is 18.7 Å². The fraction of sp³-hybridized carbons (Fsp3) is 0.300. The van der Waals surface area contributed by atoms with Crippen molar-refractivity contribution >= 4 is 21.8 Å². The number of halogens is 1. The van der Waals surface area contributed by atoms with Crippen molar-refractivity contribution in [1.29, 1.82) is 0 Å². The van der Waals surface area contributed by atoms with Gasteiger partial charge in [-0.05, 0) is 47.1 Å². The SMILES string of the molecule is CCn1ncc(Br)c1CN(C)C(=O)c1ccc(COc2cccc(OC)c2)o1. The predicted octanol–water partition coefficient (Wildman–Crippen LogP) is 4.12. The lowest BCUT2D eigenvalue weighted by atomic mass is 10.3. The number of furan rings is 1. The van der Waals surface area contributed by atoms with Gasteiger partial charge in [-0.3, -0.25) is 9.48 Å². The van der Waals surface area contributed by atoms with E-state index in [2.05, 4.69) is 21.0 Å². The molecule has 0 saturated heterocycles. The number of hydrogen-bond acceptors (Lipinski definition) is 5. The van der Waals surface area contributed by atoms with Crippen LogP contribution in [0.4, 0.5) is 0 Å². The van der Waals surface area contributed by atoms with Gasteiger partial charge in [0.1, 0.15) is 23.9 Å². The molecule has 3 rings (SSSR count). The number of benzene rings is 1. The third kappa shape index (κ3) is 4.56. The van der Waals surface area contributed by atoms with Gasteiger partial charge in [-0.2, -0.15) is 5.10 Å². The van der Waals surface area contributed by atoms with Crippen LogP contribution in [0.15, 0.2) is 51.5 Å². The molecule has 0 radical (unpaired) electrons. The number of hydrogen-bond donors (Lipinski definition) is 0. The molecule has 2 aromatic heterocycles. The number of amides is 1. The average Bonchev–Trinajstić information content (AvgIpc) is 3.33. The lowest BCUT2D eigenvalue weighted by molar-refractivity contribution is 0.0745. The molecule has 0 aliphatic carbocycles. The van der Waals surface area contributed by atoms with Crippen LogP contribution < -0.4 is 9.47 Å². The number of rotatable bonds is 8. The van der Waals surface area contributed by atoms with Crippen molar-refractivity contribution in [3.8, 4) is 11.5 Å². The van der Waals surface area contributed by atoms with Gasteiger partial charge in [0.15, 0.2) is 5.76 Å². The molecule has 0 aliphatic rings. The van der Waals surface area contributed by atoms with E-state index < -0.39 is 0 Å². The fourth-order valence-corrected chi connectivity index (χ4v) is 3.14. The Morgan fingerprint density at radius 1 is 1.29 bits per heavy atom. The van der Waals surface area contributed by atoms with Gasteiger partial charge in [0, 0.05) is 19.7 Å². The number of aryl methyl sites for hydroxylation is 1. The van der Waals surface area contributed by atoms with Crippen molar-refractivity contribution in [3.63, 3.8) is 0 Å². The van der Waals surface area contributed by atoms with Crippen LogP contribution in [0.2, 0.25) is 0 Å². The maximum Gasteiger partial charge on any atom is 0.289 e. The van der Waals surface area contributed by atoms with Crippen LogP contribution in [0.3, 0.4) is 0 Å². The number of ether oxygens (including phenoxy) is 2. The van der Waals surface area contributed by atoms with E-state index in [1.165, 1.54) is 0 Å². The molecule has 148 valence electrons. The summed E-state index contributed by atoms with van der Waals surface area (Å²) < 4.78 is 19.3. The van der Waals surface area contributed by atoms with E-state index in [0.717, 1.165) is 16.7 Å². The van der Waals surface area contributed by atoms with E-state index in [-0.39, 0.29) is 18.3 Å². The van der Waals surface area contributed by atoms with Crippen molar-refractivity contribution in [2.24, 2.45) is 0 Å². The Balaban J connectivity index is 1.62. The average molecular weight is 448 g/mol. The zero-order chi connectivity index (χ0) is 20.1. The molecule has 2 heterocycles. The molecule has 0 unspecified atom stereocenters. The van der Waals surface area contributed by atoms with Gasteiger partial charge < -0.3 is 18.8 Å². The summed E-state index contributed by atoms with van der Waals surface area (Å²) >= 11 is 3.48. The van der Waals surface area contributed by atoms with Gasteiger partial charge in [0.2, 0.25) is 0 Å². The summed E-state index contributed by atoms with van der Waals surface area (Å²) in [6.07, 6.45) is 1.73. The van der Waals surface area contributed by atoms with Gasteiger partial charge in [0.05, 0.1) is 30.0 Å². The quantitative estimate of drug-likeness (QED) is 0.519. The first kappa shape index (κ1) is 20.0. The number of carbonyl (C=O) groups is 1. The van der Waals surface area contributed by atoms with Crippen molar-refractivity contribution in [1.82, 2.24) is 14.7 Å². The monoisotopic (exact) mass is 447 g/mol. The molecule has 3 aromatic rings. The minimum atomic E-state index is -0.205. The highest BCUT2D eigenvalue weighted by atomic mass is 79.9. The zero-order valence-electron chi connectivity index (χ0n) is 16.0. The molecule has 8 heteroatoms. The maximum atomic E-state index is 12.7. The standard InChI is InChI=1S/C20H22BrN3O4/c1-4-24-18(17(21)11-22-24)12-23(2)20(25)19-9-8-16(28-19)13-27-15-7-5-6-14(10-15)26-3/h5-11H,4,12-13H2,1-3H3. The molecule has 28 heavy (non-hydrogen) atoms. The summed E-state index contributed by atoms with van der Waals surface area (Å²) in [5.41, 5.74) is 0.937. The van der Waals surface area contributed by atoms with Crippen LogP contribution in [-0.2, 0) is 19.7 Å². The van der Waals surface area contributed by atoms with E-state index in [4.69, 9.17) is 13.9 Å². The third-order valence-corrected chi connectivity index (χ3v) is 4.89. The summed E-state index contributed by atoms with van der Waals surface area (Å²) in [6, 6.07) is 10.7. The summed E-state index contributed by atoms with van der Waals surface area (Å²) in [6.45, 7) is 3.38. The summed E-state index contributed by atoms with van der Waals surface area (Å²) in [7, 11) is 3.34. The lowest BCUT2D eigenvalue weighted by Crippen LogP contribution is -2.27. The van der Waals surface area contributed by atoms with Crippen LogP contribution in [-0.4, -0.2) is 34.7 Å². The first-order chi connectivity index (χ1) is 13.5. The normalized spacial score (nSPS) is 10.7. The van der Waals surface area contributed by atoms with Gasteiger partial charge in [-0.15, -0.1) is 0 Å². The smallest absolute Gasteiger partial charge is 0.289 e. The predicted molar refractivity (Wildman–Crippen MR) is 107 cm³/mol. The molecule has 0 aliphatic heterocycles. The summed E-state index contributed by atoms with van der Waals surface area (Å²) in [5.74, 6) is 2.01. The molecular weight excluding hydrogens is 426 g/mol. The lowest BCUT2D eigenvalue weighted by Gasteiger charge is -2.17. The zero-order valence-corrected chi connectivity index (χ0v) is 17.6. The second kappa shape index (κ2) is 8.97. The first-order valence-corrected chi connectivity index (χ1v) is 9.62. The van der Waals surface area contributed by atoms with Crippen LogP contribution in [0, 0.1) is 0 Å². The van der Waals surface area contributed by atoms with E-state index in [0.29, 0.717) is 23.8 Å². The van der Waals surface area contributed by atoms with E-state index in [9.17, 15) is 4.79 Å². The van der Waals surface area contributed by atoms with E-state index >= 15 is 0 Å². The highest BCUT2D eigenvalue weighted by Gasteiger charge is 2.19. The Bertz CT molecular complexity index is 951. The Hall–Kier alpha value is -2.74. The van der Waals surface area contributed by atoms with Gasteiger partial charge in [-0.25, -0.2) is 0 Å². The third-order valence-electron chi connectivity index (χ3n) is 4.23. The van der Waals surface area contributed by atoms with Gasteiger partial charge in [0.25, 0.3) is 5.91 Å². The number of carbonyl (C=O) groups excluding carboxylic acids is 1. The molecule has 0 N–H and O–H groups in total. The maximum absolute atomic E-state index is 12.7. The molecule has 1 amide bonds. The topological polar surface area (TPSA) is 69.7 Å². The van der Waals surface area contributed by atoms with Crippen LogP contribution in [0.1, 0.15) is 28.9 Å². The number of methoxy groups -OCH3 is 1. The van der Waals surface area contributed by atoms with Gasteiger partial charge in [-0.1, -0.05) is 6.07 Å². The molecule has 0 saturated carbocycles. The van der Waals surface area contributed by atoms with Gasteiger partial charge >= 0.3 is 0 Å². The summed E-state index contributed by atoms with van der Waals surface area (Å²) in [4.78, 5) is 14.3. The van der Waals surface area contributed by atoms with Crippen LogP contribution >= 0.6 is 15.9 Å². The molecule has 7 nitrogen and oxygen atoms in total. The van der Waals surface area contributed by atoms with Crippen LogP contribution in [0.25, 0.3) is 0 Å². The molecule has 0 fully saturated rings. The Morgan fingerprint density at radius 2 is 2.07 bits per heavy atom. The molecular formula is C20H22BrN3O4. The molecule has 0 bridgehead atoms. The first-order valence-electron chi connectivity index (χ1n) is 8.83. The summed E-state index contributed by atoms with van der Waals surface area (Å²) in [5, 5.41) is 4.27. The van der Waals surface area contributed by atoms with E-state index in [1.807, 2.05) is 29.8 Å². The molecule has 0 spiro atoms. The molecule has 0 atom stereocenters. The Labute approximate surface area is 172 Å². The number of nitrogens with zero attached hydrogens (tertiary/aromatic N) is 3. The number of aromatic nitrogens is 2. The minimum Gasteiger partial charge on any atom is -0.497 e. The van der Waals surface area contributed by atoms with E-state index in [1.54, 1.807) is 43.5 Å².